The summed E-state index contributed by atoms with van der Waals surface area (Å²) in [4.78, 5) is 34.3. The van der Waals surface area contributed by atoms with Gasteiger partial charge >= 0.3 is 12.1 Å². The maximum atomic E-state index is 11.9. The van der Waals surface area contributed by atoms with Crippen molar-refractivity contribution in [1.82, 2.24) is 20.3 Å². The van der Waals surface area contributed by atoms with Crippen molar-refractivity contribution >= 4 is 18.0 Å². The molecule has 2 amide bonds. The highest BCUT2D eigenvalue weighted by molar-refractivity contribution is 5.92. The zero-order valence-corrected chi connectivity index (χ0v) is 12.6. The number of esters is 1. The van der Waals surface area contributed by atoms with Crippen LogP contribution in [-0.4, -0.2) is 45.7 Å². The fourth-order valence-electron chi connectivity index (χ4n) is 1.37. The van der Waals surface area contributed by atoms with Crippen molar-refractivity contribution < 1.29 is 23.9 Å². The van der Waals surface area contributed by atoms with Gasteiger partial charge in [-0.05, 0) is 27.7 Å². The Morgan fingerprint density at radius 1 is 1.29 bits per heavy atom. The monoisotopic (exact) mass is 298 g/mol. The van der Waals surface area contributed by atoms with Gasteiger partial charge in [-0.2, -0.15) is 0 Å². The molecule has 0 unspecified atom stereocenters. The van der Waals surface area contributed by atoms with E-state index in [1.165, 1.54) is 4.68 Å². The fourth-order valence-corrected chi connectivity index (χ4v) is 1.37. The lowest BCUT2D eigenvalue weighted by Crippen LogP contribution is -2.33. The second-order valence-electron chi connectivity index (χ2n) is 5.22. The molecule has 0 spiro atoms. The molecule has 116 valence electrons. The van der Waals surface area contributed by atoms with Crippen LogP contribution in [0.15, 0.2) is 0 Å². The first-order valence-corrected chi connectivity index (χ1v) is 6.15. The van der Waals surface area contributed by atoms with E-state index in [1.807, 2.05) is 5.32 Å². The fraction of sp³-hybridized carbons (Fsp3) is 0.583. The Kier molecular flexibility index (Phi) is 5.01. The summed E-state index contributed by atoms with van der Waals surface area (Å²) >= 11 is 0. The van der Waals surface area contributed by atoms with Crippen LogP contribution in [0.2, 0.25) is 0 Å². The van der Waals surface area contributed by atoms with Crippen molar-refractivity contribution in [2.45, 2.75) is 39.8 Å². The number of amides is 2. The Bertz CT molecular complexity index is 558. The van der Waals surface area contributed by atoms with Gasteiger partial charge in [0, 0.05) is 0 Å². The number of aromatic nitrogens is 3. The second kappa shape index (κ2) is 6.33. The van der Waals surface area contributed by atoms with E-state index >= 15 is 0 Å². The minimum absolute atomic E-state index is 0.0239. The molecule has 0 saturated heterocycles. The van der Waals surface area contributed by atoms with Crippen molar-refractivity contribution in [3.63, 3.8) is 0 Å². The Labute approximate surface area is 121 Å². The smallest absolute Gasteiger partial charge is 0.413 e. The number of carbonyl (C=O) groups is 3. The molecule has 0 fully saturated rings. The van der Waals surface area contributed by atoms with Crippen LogP contribution < -0.4 is 5.32 Å². The highest BCUT2D eigenvalue weighted by atomic mass is 16.6. The van der Waals surface area contributed by atoms with Crippen LogP contribution in [0.1, 0.15) is 37.0 Å². The highest BCUT2D eigenvalue weighted by Gasteiger charge is 2.24. The zero-order chi connectivity index (χ0) is 16.2. The number of carbonyl (C=O) groups excluding carboxylic acids is 3. The van der Waals surface area contributed by atoms with Gasteiger partial charge in [-0.1, -0.05) is 5.21 Å². The van der Waals surface area contributed by atoms with Crippen molar-refractivity contribution in [2.75, 3.05) is 7.11 Å². The zero-order valence-electron chi connectivity index (χ0n) is 12.6. The third kappa shape index (κ3) is 4.86. The third-order valence-corrected chi connectivity index (χ3v) is 2.30. The maximum absolute atomic E-state index is 11.9. The minimum atomic E-state index is -0.870. The maximum Gasteiger partial charge on any atom is 0.413 e. The molecule has 1 N–H and O–H groups in total. The van der Waals surface area contributed by atoms with Crippen LogP contribution in [-0.2, 0) is 20.8 Å². The Balaban J connectivity index is 2.78. The summed E-state index contributed by atoms with van der Waals surface area (Å²) < 4.78 is 10.7. The van der Waals surface area contributed by atoms with Crippen molar-refractivity contribution in [3.8, 4) is 0 Å². The van der Waals surface area contributed by atoms with Gasteiger partial charge in [-0.15, -0.1) is 5.10 Å². The van der Waals surface area contributed by atoms with Crippen LogP contribution in [0.4, 0.5) is 4.79 Å². The molecule has 0 aliphatic heterocycles. The lowest BCUT2D eigenvalue weighted by atomic mass is 10.2. The molecule has 1 aromatic heterocycles. The van der Waals surface area contributed by atoms with Gasteiger partial charge < -0.3 is 9.47 Å². The first kappa shape index (κ1) is 16.6. The summed E-state index contributed by atoms with van der Waals surface area (Å²) in [5.74, 6) is -1.26. The molecule has 0 saturated carbocycles. The Morgan fingerprint density at radius 3 is 2.43 bits per heavy atom. The quantitative estimate of drug-likeness (QED) is 0.805. The van der Waals surface area contributed by atoms with Gasteiger partial charge in [0.15, 0.2) is 5.69 Å². The first-order valence-electron chi connectivity index (χ1n) is 6.15. The summed E-state index contributed by atoms with van der Waals surface area (Å²) in [7, 11) is 1.14. The van der Waals surface area contributed by atoms with E-state index in [1.54, 1.807) is 27.7 Å². The number of imide groups is 1. The number of rotatable bonds is 3. The number of hydrogen-bond acceptors (Lipinski definition) is 7. The summed E-state index contributed by atoms with van der Waals surface area (Å²) in [5.41, 5.74) is -0.268. The van der Waals surface area contributed by atoms with E-state index in [0.717, 1.165) is 7.11 Å². The lowest BCUT2D eigenvalue weighted by molar-refractivity contribution is -0.121. The summed E-state index contributed by atoms with van der Waals surface area (Å²) in [6.07, 6.45) is -0.870. The number of ether oxygens (including phenoxy) is 2. The van der Waals surface area contributed by atoms with Gasteiger partial charge in [-0.25, -0.2) is 14.3 Å². The molecule has 0 radical (unpaired) electrons. The summed E-state index contributed by atoms with van der Waals surface area (Å²) in [5, 5.41) is 9.36. The number of alkyl carbamates (subject to hydrolysis) is 1. The standard InChI is InChI=1S/C12H18N4O5/c1-7-9(10(18)21-12(2,3)4)14-15-16(7)6-8(17)13-11(19)20-5/h6H2,1-5H3,(H,13,17,19). The van der Waals surface area contributed by atoms with Crippen LogP contribution in [0, 0.1) is 6.92 Å². The lowest BCUT2D eigenvalue weighted by Gasteiger charge is -2.18. The normalized spacial score (nSPS) is 10.9. The first-order chi connectivity index (χ1) is 9.64. The molecule has 1 aromatic rings. The number of nitrogens with one attached hydrogen (secondary N) is 1. The average Bonchev–Trinajstić information content (AvgIpc) is 2.68. The van der Waals surface area contributed by atoms with Crippen molar-refractivity contribution in [3.05, 3.63) is 11.4 Å². The largest absolute Gasteiger partial charge is 0.455 e. The molecule has 21 heavy (non-hydrogen) atoms. The molecule has 0 aliphatic rings. The third-order valence-electron chi connectivity index (χ3n) is 2.30. The van der Waals surface area contributed by atoms with E-state index in [4.69, 9.17) is 4.74 Å². The molecule has 1 heterocycles. The molecule has 9 nitrogen and oxygen atoms in total. The average molecular weight is 298 g/mol. The van der Waals surface area contributed by atoms with Crippen molar-refractivity contribution in [2.24, 2.45) is 0 Å². The van der Waals surface area contributed by atoms with Crippen LogP contribution in [0.3, 0.4) is 0 Å². The highest BCUT2D eigenvalue weighted by Crippen LogP contribution is 2.13. The number of methoxy groups -OCH3 is 1. The van der Waals surface area contributed by atoms with E-state index < -0.39 is 23.6 Å². The van der Waals surface area contributed by atoms with Crippen LogP contribution in [0.5, 0.6) is 0 Å². The SMILES string of the molecule is COC(=O)NC(=O)Cn1nnc(C(=O)OC(C)(C)C)c1C. The van der Waals surface area contributed by atoms with E-state index in [2.05, 4.69) is 15.0 Å². The minimum Gasteiger partial charge on any atom is -0.455 e. The molecular weight excluding hydrogens is 280 g/mol. The Hall–Kier alpha value is -2.45. The van der Waals surface area contributed by atoms with E-state index in [9.17, 15) is 14.4 Å². The van der Waals surface area contributed by atoms with E-state index in [-0.39, 0.29) is 12.2 Å². The van der Waals surface area contributed by atoms with Gasteiger partial charge in [0.1, 0.15) is 12.1 Å². The molecule has 1 rings (SSSR count). The molecule has 0 bridgehead atoms. The molecule has 0 aromatic carbocycles. The summed E-state index contributed by atoms with van der Waals surface area (Å²) in [6, 6.07) is 0. The van der Waals surface area contributed by atoms with Gasteiger partial charge in [0.25, 0.3) is 5.91 Å². The van der Waals surface area contributed by atoms with Gasteiger partial charge in [0.05, 0.1) is 12.8 Å². The van der Waals surface area contributed by atoms with E-state index in [0.29, 0.717) is 5.69 Å². The van der Waals surface area contributed by atoms with Crippen LogP contribution >= 0.6 is 0 Å². The second-order valence-corrected chi connectivity index (χ2v) is 5.22. The summed E-state index contributed by atoms with van der Waals surface area (Å²) in [6.45, 7) is 6.50. The molecule has 9 heteroatoms. The predicted molar refractivity (Wildman–Crippen MR) is 70.5 cm³/mol. The van der Waals surface area contributed by atoms with Gasteiger partial charge in [-0.3, -0.25) is 10.1 Å². The van der Waals surface area contributed by atoms with Gasteiger partial charge in [0.2, 0.25) is 0 Å². The Morgan fingerprint density at radius 2 is 1.90 bits per heavy atom. The number of nitrogens with zero attached hydrogens (tertiary/aromatic N) is 3. The predicted octanol–water partition coefficient (Wildman–Crippen LogP) is 0.424. The molecular formula is C12H18N4O5. The molecule has 0 aliphatic carbocycles. The van der Waals surface area contributed by atoms with Crippen LogP contribution in [0.25, 0.3) is 0 Å². The number of hydrogen-bond donors (Lipinski definition) is 1. The topological polar surface area (TPSA) is 112 Å². The molecule has 0 atom stereocenters. The van der Waals surface area contributed by atoms with Crippen molar-refractivity contribution in [1.29, 1.82) is 0 Å².